The quantitative estimate of drug-likeness (QED) is 0.335. The molecule has 0 unspecified atom stereocenters. The minimum atomic E-state index is -1.63. The average molecular weight is 311 g/mol. The first-order chi connectivity index (χ1) is 9.36. The van der Waals surface area contributed by atoms with Gasteiger partial charge in [-0.3, -0.25) is 4.79 Å². The normalized spacial score (nSPS) is 15.0. The number of hydrogen-bond donors (Lipinski definition) is 0. The van der Waals surface area contributed by atoms with Crippen molar-refractivity contribution >= 4 is 14.1 Å². The van der Waals surface area contributed by atoms with E-state index in [-0.39, 0.29) is 10.8 Å². The third kappa shape index (κ3) is 7.77. The molecule has 2 nitrogen and oxygen atoms in total. The molecule has 0 saturated carbocycles. The standard InChI is InChI=1S/C18H34O2Si/c1-14(12-15(2)13-16(3)17(4)19)10-11-20-21(8,9)18(5,6)7/h13-14H,2,10-12H2,1,3-9H3/b16-13+/t14-/m0/s1. The van der Waals surface area contributed by atoms with Crippen molar-refractivity contribution in [1.29, 1.82) is 0 Å². The van der Waals surface area contributed by atoms with Crippen LogP contribution in [0.1, 0.15) is 54.4 Å². The van der Waals surface area contributed by atoms with Crippen LogP contribution in [0.15, 0.2) is 23.8 Å². The van der Waals surface area contributed by atoms with Gasteiger partial charge < -0.3 is 4.43 Å². The van der Waals surface area contributed by atoms with Gasteiger partial charge in [0.1, 0.15) is 0 Å². The van der Waals surface area contributed by atoms with E-state index in [1.807, 2.05) is 13.0 Å². The minimum absolute atomic E-state index is 0.116. The fourth-order valence-corrected chi connectivity index (χ4v) is 2.81. The second kappa shape index (κ2) is 8.09. The summed E-state index contributed by atoms with van der Waals surface area (Å²) < 4.78 is 6.21. The van der Waals surface area contributed by atoms with Gasteiger partial charge in [-0.2, -0.15) is 0 Å². The number of carbonyl (C=O) groups excluding carboxylic acids is 1. The number of Topliss-reactive ketones (excluding diaryl/α,β-unsaturated/α-hetero) is 1. The van der Waals surface area contributed by atoms with Gasteiger partial charge in [-0.25, -0.2) is 0 Å². The van der Waals surface area contributed by atoms with Crippen LogP contribution in [-0.2, 0) is 9.22 Å². The van der Waals surface area contributed by atoms with Crippen molar-refractivity contribution in [3.63, 3.8) is 0 Å². The van der Waals surface area contributed by atoms with E-state index >= 15 is 0 Å². The summed E-state index contributed by atoms with van der Waals surface area (Å²) in [5.41, 5.74) is 1.81. The summed E-state index contributed by atoms with van der Waals surface area (Å²) in [6.07, 6.45) is 3.87. The third-order valence-electron chi connectivity index (χ3n) is 4.47. The molecule has 1 atom stereocenters. The first-order valence-electron chi connectivity index (χ1n) is 7.88. The molecular weight excluding hydrogens is 276 g/mol. The smallest absolute Gasteiger partial charge is 0.191 e. The van der Waals surface area contributed by atoms with Crippen molar-refractivity contribution in [2.24, 2.45) is 5.92 Å². The van der Waals surface area contributed by atoms with Crippen molar-refractivity contribution < 1.29 is 9.22 Å². The van der Waals surface area contributed by atoms with Crippen molar-refractivity contribution in [2.45, 2.75) is 72.5 Å². The summed E-state index contributed by atoms with van der Waals surface area (Å²) in [6.45, 7) is 21.9. The Morgan fingerprint density at radius 3 is 2.24 bits per heavy atom. The monoisotopic (exact) mass is 310 g/mol. The SMILES string of the molecule is C=C(/C=C(\C)C(C)=O)C[C@@H](C)CCO[Si](C)(C)C(C)(C)C. The predicted molar refractivity (Wildman–Crippen MR) is 95.1 cm³/mol. The summed E-state index contributed by atoms with van der Waals surface area (Å²) >= 11 is 0. The Hall–Kier alpha value is -0.673. The highest BCUT2D eigenvalue weighted by Crippen LogP contribution is 2.36. The molecule has 0 aliphatic carbocycles. The number of hydrogen-bond acceptors (Lipinski definition) is 2. The molecule has 0 aromatic carbocycles. The van der Waals surface area contributed by atoms with Crippen LogP contribution in [0.5, 0.6) is 0 Å². The highest BCUT2D eigenvalue weighted by molar-refractivity contribution is 6.74. The molecule has 0 aromatic rings. The van der Waals surface area contributed by atoms with Crippen LogP contribution in [0.3, 0.4) is 0 Å². The molecule has 0 fully saturated rings. The van der Waals surface area contributed by atoms with Crippen LogP contribution in [0.2, 0.25) is 18.1 Å². The molecule has 0 bridgehead atoms. The number of rotatable bonds is 8. The number of ketones is 1. The molecule has 0 aliphatic rings. The van der Waals surface area contributed by atoms with Crippen LogP contribution < -0.4 is 0 Å². The molecule has 3 heteroatoms. The lowest BCUT2D eigenvalue weighted by Crippen LogP contribution is -2.41. The molecule has 0 rings (SSSR count). The van der Waals surface area contributed by atoms with Crippen molar-refractivity contribution in [3.8, 4) is 0 Å². The Bertz CT molecular complexity index is 400. The highest BCUT2D eigenvalue weighted by atomic mass is 28.4. The summed E-state index contributed by atoms with van der Waals surface area (Å²) in [5, 5.41) is 0.265. The Labute approximate surface area is 132 Å². The Morgan fingerprint density at radius 1 is 1.29 bits per heavy atom. The topological polar surface area (TPSA) is 26.3 Å². The van der Waals surface area contributed by atoms with Crippen molar-refractivity contribution in [3.05, 3.63) is 23.8 Å². The zero-order chi connectivity index (χ0) is 16.8. The molecule has 21 heavy (non-hydrogen) atoms. The largest absolute Gasteiger partial charge is 0.417 e. The molecular formula is C18H34O2Si. The first kappa shape index (κ1) is 20.3. The number of allylic oxidation sites excluding steroid dienone is 3. The molecule has 0 aromatic heterocycles. The van der Waals surface area contributed by atoms with E-state index in [4.69, 9.17) is 4.43 Å². The Kier molecular flexibility index (Phi) is 7.83. The maximum atomic E-state index is 11.2. The maximum Gasteiger partial charge on any atom is 0.191 e. The van der Waals surface area contributed by atoms with E-state index in [9.17, 15) is 4.79 Å². The van der Waals surface area contributed by atoms with E-state index in [1.165, 1.54) is 0 Å². The van der Waals surface area contributed by atoms with Gasteiger partial charge in [0.25, 0.3) is 0 Å². The summed E-state index contributed by atoms with van der Waals surface area (Å²) in [4.78, 5) is 11.2. The first-order valence-corrected chi connectivity index (χ1v) is 10.8. The van der Waals surface area contributed by atoms with Gasteiger partial charge in [-0.1, -0.05) is 45.9 Å². The van der Waals surface area contributed by atoms with E-state index in [2.05, 4.69) is 47.4 Å². The summed E-state index contributed by atoms with van der Waals surface area (Å²) in [7, 11) is -1.63. The minimum Gasteiger partial charge on any atom is -0.417 e. The zero-order valence-corrected chi connectivity index (χ0v) is 16.3. The molecule has 122 valence electrons. The van der Waals surface area contributed by atoms with E-state index < -0.39 is 8.32 Å². The van der Waals surface area contributed by atoms with Gasteiger partial charge in [0.05, 0.1) is 0 Å². The summed E-state index contributed by atoms with van der Waals surface area (Å²) in [5.74, 6) is 0.642. The fourth-order valence-electron chi connectivity index (χ4n) is 1.75. The highest BCUT2D eigenvalue weighted by Gasteiger charge is 2.36. The molecule has 0 saturated heterocycles. The second-order valence-electron chi connectivity index (χ2n) is 7.75. The van der Waals surface area contributed by atoms with E-state index in [0.717, 1.165) is 30.6 Å². The average Bonchev–Trinajstić information content (AvgIpc) is 2.26. The second-order valence-corrected chi connectivity index (χ2v) is 12.6. The zero-order valence-electron chi connectivity index (χ0n) is 15.3. The van der Waals surface area contributed by atoms with Crippen molar-refractivity contribution in [2.75, 3.05) is 6.61 Å². The predicted octanol–water partition coefficient (Wildman–Crippen LogP) is 5.52. The lowest BCUT2D eigenvalue weighted by atomic mass is 9.97. The van der Waals surface area contributed by atoms with Gasteiger partial charge in [0.15, 0.2) is 14.1 Å². The third-order valence-corrected chi connectivity index (χ3v) is 9.00. The molecule has 0 N–H and O–H groups in total. The van der Waals surface area contributed by atoms with Crippen LogP contribution in [0.4, 0.5) is 0 Å². The molecule has 0 spiro atoms. The number of carbonyl (C=O) groups is 1. The molecule has 0 amide bonds. The van der Waals surface area contributed by atoms with Crippen LogP contribution in [0.25, 0.3) is 0 Å². The van der Waals surface area contributed by atoms with Gasteiger partial charge >= 0.3 is 0 Å². The summed E-state index contributed by atoms with van der Waals surface area (Å²) in [6, 6.07) is 0. The maximum absolute atomic E-state index is 11.2. The van der Waals surface area contributed by atoms with Crippen LogP contribution in [0, 0.1) is 5.92 Å². The molecule has 0 heterocycles. The Balaban J connectivity index is 4.24. The molecule has 0 aliphatic heterocycles. The van der Waals surface area contributed by atoms with Crippen LogP contribution in [-0.4, -0.2) is 20.7 Å². The lowest BCUT2D eigenvalue weighted by Gasteiger charge is -2.36. The van der Waals surface area contributed by atoms with E-state index in [0.29, 0.717) is 5.92 Å². The van der Waals surface area contributed by atoms with Gasteiger partial charge in [-0.15, -0.1) is 0 Å². The van der Waals surface area contributed by atoms with Gasteiger partial charge in [0.2, 0.25) is 0 Å². The van der Waals surface area contributed by atoms with E-state index in [1.54, 1.807) is 6.92 Å². The fraction of sp³-hybridized carbons (Fsp3) is 0.722. The lowest BCUT2D eigenvalue weighted by molar-refractivity contribution is -0.113. The van der Waals surface area contributed by atoms with Gasteiger partial charge in [-0.05, 0) is 56.3 Å². The Morgan fingerprint density at radius 2 is 1.81 bits per heavy atom. The van der Waals surface area contributed by atoms with Gasteiger partial charge in [0, 0.05) is 6.61 Å². The van der Waals surface area contributed by atoms with Crippen molar-refractivity contribution in [1.82, 2.24) is 0 Å². The molecule has 0 radical (unpaired) electrons. The van der Waals surface area contributed by atoms with Crippen LogP contribution >= 0.6 is 0 Å².